The van der Waals surface area contributed by atoms with Crippen molar-refractivity contribution in [1.29, 1.82) is 0 Å². The number of halogens is 1. The van der Waals surface area contributed by atoms with Gasteiger partial charge in [0, 0.05) is 12.3 Å². The van der Waals surface area contributed by atoms with Gasteiger partial charge < -0.3 is 4.74 Å². The van der Waals surface area contributed by atoms with E-state index in [9.17, 15) is 4.39 Å². The third kappa shape index (κ3) is 2.37. The van der Waals surface area contributed by atoms with Gasteiger partial charge in [-0.25, -0.2) is 4.39 Å². The fraction of sp³-hybridized carbons (Fsp3) is 0.100. The number of ether oxygens (including phenoxy) is 1. The van der Waals surface area contributed by atoms with Crippen molar-refractivity contribution in [3.63, 3.8) is 0 Å². The number of benzene rings is 1. The van der Waals surface area contributed by atoms with Crippen LogP contribution in [0, 0.1) is 5.82 Å². The third-order valence-corrected chi connectivity index (χ3v) is 1.92. The zero-order chi connectivity index (χ0) is 10.7. The summed E-state index contributed by atoms with van der Waals surface area (Å²) in [4.78, 5) is 0. The summed E-state index contributed by atoms with van der Waals surface area (Å²) in [7, 11) is 5.33. The third-order valence-electron chi connectivity index (χ3n) is 1.92. The van der Waals surface area contributed by atoms with Crippen molar-refractivity contribution < 1.29 is 9.13 Å². The van der Waals surface area contributed by atoms with Gasteiger partial charge in [0.1, 0.15) is 26.0 Å². The van der Waals surface area contributed by atoms with Crippen LogP contribution in [0.5, 0.6) is 5.75 Å². The summed E-state index contributed by atoms with van der Waals surface area (Å²) < 4.78 is 18.3. The molecule has 0 saturated carbocycles. The van der Waals surface area contributed by atoms with Crippen molar-refractivity contribution in [3.05, 3.63) is 42.0 Å². The fourth-order valence-electron chi connectivity index (χ4n) is 1.12. The summed E-state index contributed by atoms with van der Waals surface area (Å²) in [5, 5.41) is 6.51. The fourth-order valence-corrected chi connectivity index (χ4v) is 1.12. The molecule has 1 N–H and O–H groups in total. The summed E-state index contributed by atoms with van der Waals surface area (Å²) >= 11 is 0. The molecule has 0 spiro atoms. The number of hydrogen-bond donors (Lipinski definition) is 1. The van der Waals surface area contributed by atoms with Crippen LogP contribution in [0.15, 0.2) is 30.5 Å². The minimum absolute atomic E-state index is 0.115. The van der Waals surface area contributed by atoms with Gasteiger partial charge in [0.15, 0.2) is 0 Å². The average Bonchev–Trinajstić information content (AvgIpc) is 2.73. The van der Waals surface area contributed by atoms with Crippen LogP contribution < -0.4 is 10.2 Å². The van der Waals surface area contributed by atoms with Gasteiger partial charge in [0.2, 0.25) is 0 Å². The highest BCUT2D eigenvalue weighted by atomic mass is 19.1. The summed E-state index contributed by atoms with van der Waals surface area (Å²) in [6, 6.07) is 6.13. The number of nitrogens with one attached hydrogen (secondary N) is 1. The van der Waals surface area contributed by atoms with Gasteiger partial charge in [0.25, 0.3) is 0 Å². The van der Waals surface area contributed by atoms with Gasteiger partial charge >= 0.3 is 0 Å². The molecule has 0 saturated heterocycles. The number of nitrogens with zero attached hydrogens (tertiary/aromatic N) is 1. The van der Waals surface area contributed by atoms with Crippen LogP contribution in [-0.2, 0) is 6.61 Å². The monoisotopic (exact) mass is 202 g/mol. The Bertz CT molecular complexity index is 445. The van der Waals surface area contributed by atoms with Crippen LogP contribution in [0.3, 0.4) is 0 Å². The zero-order valence-electron chi connectivity index (χ0n) is 7.90. The molecular weight excluding hydrogens is 194 g/mol. The van der Waals surface area contributed by atoms with Crippen molar-refractivity contribution in [3.8, 4) is 5.75 Å². The predicted octanol–water partition coefficient (Wildman–Crippen LogP) is 0.922. The lowest BCUT2D eigenvalue weighted by molar-refractivity contribution is 0.300. The minimum Gasteiger partial charge on any atom is -0.487 e. The van der Waals surface area contributed by atoms with Crippen molar-refractivity contribution in [2.75, 3.05) is 0 Å². The smallest absolute Gasteiger partial charge is 0.130 e. The van der Waals surface area contributed by atoms with Gasteiger partial charge in [-0.1, -0.05) is 11.5 Å². The molecule has 0 fully saturated rings. The summed E-state index contributed by atoms with van der Waals surface area (Å²) in [5.41, 5.74) is 0.941. The van der Waals surface area contributed by atoms with Crippen LogP contribution in [0.1, 0.15) is 5.69 Å². The summed E-state index contributed by atoms with van der Waals surface area (Å²) in [6.45, 7) is 0.323. The maximum absolute atomic E-state index is 13.0. The molecule has 2 aromatic rings. The number of rotatable bonds is 3. The Labute approximate surface area is 87.7 Å². The molecule has 0 amide bonds. The molecule has 0 aliphatic rings. The first-order valence-electron chi connectivity index (χ1n) is 4.42. The molecule has 1 aromatic carbocycles. The predicted molar refractivity (Wildman–Crippen MR) is 54.7 cm³/mol. The lowest BCUT2D eigenvalue weighted by atomic mass is 9.96. The van der Waals surface area contributed by atoms with Crippen molar-refractivity contribution in [1.82, 2.24) is 10.2 Å². The van der Waals surface area contributed by atoms with E-state index in [1.54, 1.807) is 18.3 Å². The molecule has 0 unspecified atom stereocenters. The van der Waals surface area contributed by atoms with E-state index in [1.165, 1.54) is 12.1 Å². The van der Waals surface area contributed by atoms with E-state index in [0.29, 0.717) is 12.4 Å². The first kappa shape index (κ1) is 9.77. The Morgan fingerprint density at radius 3 is 2.93 bits per heavy atom. The molecule has 2 rings (SSSR count). The standard InChI is InChI=1S/C10H8BFN2O/c11-9-2-1-8(5-10(9)12)15-6-7-3-4-13-14-7/h1-5H,6H2,(H,13,14). The first-order valence-corrected chi connectivity index (χ1v) is 4.42. The second-order valence-electron chi connectivity index (χ2n) is 3.05. The Balaban J connectivity index is 2.02. The van der Waals surface area contributed by atoms with E-state index in [4.69, 9.17) is 12.6 Å². The number of aromatic amines is 1. The van der Waals surface area contributed by atoms with Crippen LogP contribution in [0.25, 0.3) is 0 Å². The van der Waals surface area contributed by atoms with Gasteiger partial charge in [0.05, 0.1) is 5.69 Å². The van der Waals surface area contributed by atoms with Crippen molar-refractivity contribution in [2.45, 2.75) is 6.61 Å². The van der Waals surface area contributed by atoms with Crippen molar-refractivity contribution in [2.24, 2.45) is 0 Å². The Hall–Kier alpha value is -1.78. The number of aromatic nitrogens is 2. The zero-order valence-corrected chi connectivity index (χ0v) is 7.90. The molecule has 2 radical (unpaired) electrons. The average molecular weight is 202 g/mol. The SMILES string of the molecule is [B]c1ccc(OCc2ccn[nH]2)cc1F. The summed E-state index contributed by atoms with van der Waals surface area (Å²) in [6.07, 6.45) is 1.63. The second kappa shape index (κ2) is 4.17. The Morgan fingerprint density at radius 1 is 1.40 bits per heavy atom. The molecule has 1 aromatic heterocycles. The number of H-pyrrole nitrogens is 1. The molecule has 74 valence electrons. The molecule has 5 heteroatoms. The van der Waals surface area contributed by atoms with E-state index in [2.05, 4.69) is 10.2 Å². The van der Waals surface area contributed by atoms with Gasteiger partial charge in [-0.2, -0.15) is 5.10 Å². The molecular formula is C10H8BFN2O. The van der Waals surface area contributed by atoms with E-state index in [0.717, 1.165) is 5.69 Å². The molecule has 1 heterocycles. The molecule has 0 atom stereocenters. The molecule has 0 aliphatic heterocycles. The maximum Gasteiger partial charge on any atom is 0.130 e. The second-order valence-corrected chi connectivity index (χ2v) is 3.05. The Morgan fingerprint density at radius 2 is 2.27 bits per heavy atom. The topological polar surface area (TPSA) is 37.9 Å². The highest BCUT2D eigenvalue weighted by molar-refractivity contribution is 6.32. The lowest BCUT2D eigenvalue weighted by Gasteiger charge is -2.05. The Kier molecular flexibility index (Phi) is 2.71. The highest BCUT2D eigenvalue weighted by Crippen LogP contribution is 2.11. The highest BCUT2D eigenvalue weighted by Gasteiger charge is 2.00. The quantitative estimate of drug-likeness (QED) is 0.751. The molecule has 3 nitrogen and oxygen atoms in total. The minimum atomic E-state index is -0.475. The van der Waals surface area contributed by atoms with Gasteiger partial charge in [-0.15, -0.1) is 0 Å². The van der Waals surface area contributed by atoms with E-state index in [1.807, 2.05) is 0 Å². The van der Waals surface area contributed by atoms with E-state index < -0.39 is 5.82 Å². The van der Waals surface area contributed by atoms with Crippen LogP contribution in [0.2, 0.25) is 0 Å². The van der Waals surface area contributed by atoms with Crippen LogP contribution >= 0.6 is 0 Å². The van der Waals surface area contributed by atoms with E-state index >= 15 is 0 Å². The van der Waals surface area contributed by atoms with E-state index in [-0.39, 0.29) is 5.46 Å². The molecule has 15 heavy (non-hydrogen) atoms. The summed E-state index contributed by atoms with van der Waals surface area (Å²) in [5.74, 6) is -0.0339. The van der Waals surface area contributed by atoms with Crippen molar-refractivity contribution >= 4 is 13.3 Å². The van der Waals surface area contributed by atoms with Crippen LogP contribution in [-0.4, -0.2) is 18.0 Å². The molecule has 0 bridgehead atoms. The first-order chi connectivity index (χ1) is 7.25. The number of hydrogen-bond acceptors (Lipinski definition) is 2. The largest absolute Gasteiger partial charge is 0.487 e. The van der Waals surface area contributed by atoms with Gasteiger partial charge in [-0.05, 0) is 12.1 Å². The van der Waals surface area contributed by atoms with Gasteiger partial charge in [-0.3, -0.25) is 5.10 Å². The normalized spacial score (nSPS) is 10.2. The maximum atomic E-state index is 13.0. The lowest BCUT2D eigenvalue weighted by Crippen LogP contribution is -2.08. The van der Waals surface area contributed by atoms with Crippen LogP contribution in [0.4, 0.5) is 4.39 Å². The molecule has 0 aliphatic carbocycles.